The second-order valence-corrected chi connectivity index (χ2v) is 5.68. The highest BCUT2D eigenvalue weighted by Gasteiger charge is 2.29. The molecule has 0 atom stereocenters. The number of hydrazone groups is 1. The van der Waals surface area contributed by atoms with Gasteiger partial charge in [-0.25, -0.2) is 15.0 Å². The molecule has 2 aromatic heterocycles. The lowest BCUT2D eigenvalue weighted by molar-refractivity contribution is 0.0697. The van der Waals surface area contributed by atoms with E-state index in [1.807, 2.05) is 0 Å². The molecule has 0 fully saturated rings. The summed E-state index contributed by atoms with van der Waals surface area (Å²) in [4.78, 5) is 27.8. The molecule has 0 saturated carbocycles. The molecule has 0 aromatic carbocycles. The van der Waals surface area contributed by atoms with Crippen LogP contribution in [0.1, 0.15) is 47.2 Å². The number of aromatic nitrogens is 1. The Kier molecular flexibility index (Phi) is 5.31. The molecule has 0 radical (unpaired) electrons. The third-order valence-corrected chi connectivity index (χ3v) is 3.91. The number of carbonyl (C=O) groups excluding carboxylic acids is 2. The van der Waals surface area contributed by atoms with Crippen molar-refractivity contribution in [2.24, 2.45) is 5.10 Å². The van der Waals surface area contributed by atoms with Crippen LogP contribution in [0.15, 0.2) is 34.0 Å². The molecular formula is C18H19N3O5. The largest absolute Gasteiger partial charge is 0.453 e. The topological polar surface area (TPSA) is 103 Å². The lowest BCUT2D eigenvalue weighted by atomic mass is 9.93. The molecule has 0 saturated heterocycles. The second kappa shape index (κ2) is 7.81. The number of hydrogen-bond donors (Lipinski definition) is 1. The molecule has 0 bridgehead atoms. The quantitative estimate of drug-likeness (QED) is 0.666. The van der Waals surface area contributed by atoms with Crippen LogP contribution in [0, 0.1) is 6.92 Å². The number of nitrogens with one attached hydrogen (secondary N) is 1. The predicted octanol–water partition coefficient (Wildman–Crippen LogP) is 2.99. The maximum absolute atomic E-state index is 12.4. The number of esters is 1. The van der Waals surface area contributed by atoms with Crippen LogP contribution in [0.4, 0.5) is 4.79 Å². The Morgan fingerprint density at radius 3 is 2.96 bits per heavy atom. The molecule has 0 aliphatic heterocycles. The minimum absolute atomic E-state index is 0.129. The number of carbonyl (C=O) groups is 2. The highest BCUT2D eigenvalue weighted by Crippen LogP contribution is 2.30. The number of rotatable bonds is 4. The summed E-state index contributed by atoms with van der Waals surface area (Å²) in [5.74, 6) is 0.535. The van der Waals surface area contributed by atoms with Gasteiger partial charge in [-0.3, -0.25) is 4.98 Å². The molecule has 1 N–H and O–H groups in total. The van der Waals surface area contributed by atoms with Gasteiger partial charge in [0.2, 0.25) is 5.76 Å². The van der Waals surface area contributed by atoms with Gasteiger partial charge in [-0.05, 0) is 38.8 Å². The van der Waals surface area contributed by atoms with E-state index in [1.54, 1.807) is 32.2 Å². The number of furan rings is 1. The van der Waals surface area contributed by atoms with Gasteiger partial charge in [0.25, 0.3) is 0 Å². The van der Waals surface area contributed by atoms with Gasteiger partial charge < -0.3 is 13.9 Å². The lowest BCUT2D eigenvalue weighted by Crippen LogP contribution is -2.22. The van der Waals surface area contributed by atoms with Crippen molar-refractivity contribution in [3.63, 3.8) is 0 Å². The Bertz CT molecular complexity index is 842. The molecule has 1 aliphatic carbocycles. The Morgan fingerprint density at radius 2 is 2.23 bits per heavy atom. The van der Waals surface area contributed by atoms with E-state index in [2.05, 4.69) is 15.5 Å². The Labute approximate surface area is 150 Å². The summed E-state index contributed by atoms with van der Waals surface area (Å²) in [6, 6.07) is 3.31. The van der Waals surface area contributed by atoms with E-state index < -0.39 is 12.1 Å². The summed E-state index contributed by atoms with van der Waals surface area (Å²) < 4.78 is 15.8. The molecular weight excluding hydrogens is 338 g/mol. The number of aryl methyl sites for hydroxylation is 1. The van der Waals surface area contributed by atoms with Gasteiger partial charge >= 0.3 is 12.1 Å². The van der Waals surface area contributed by atoms with E-state index in [4.69, 9.17) is 13.9 Å². The van der Waals surface area contributed by atoms with Crippen molar-refractivity contribution < 1.29 is 23.5 Å². The van der Waals surface area contributed by atoms with Crippen molar-refractivity contribution in [3.8, 4) is 5.75 Å². The summed E-state index contributed by atoms with van der Waals surface area (Å²) in [5, 5.41) is 4.13. The summed E-state index contributed by atoms with van der Waals surface area (Å²) in [7, 11) is 0. The van der Waals surface area contributed by atoms with E-state index in [1.165, 1.54) is 6.20 Å². The molecule has 136 valence electrons. The van der Waals surface area contributed by atoms with Crippen LogP contribution in [0.5, 0.6) is 5.75 Å². The second-order valence-electron chi connectivity index (χ2n) is 5.68. The van der Waals surface area contributed by atoms with Crippen LogP contribution in [-0.4, -0.2) is 29.4 Å². The third-order valence-electron chi connectivity index (χ3n) is 3.91. The molecule has 8 heteroatoms. The van der Waals surface area contributed by atoms with E-state index in [9.17, 15) is 9.59 Å². The van der Waals surface area contributed by atoms with E-state index in [0.29, 0.717) is 35.6 Å². The Hall–Kier alpha value is -3.16. The Balaban J connectivity index is 1.84. The average Bonchev–Trinajstić information content (AvgIpc) is 2.99. The number of amides is 1. The zero-order valence-corrected chi connectivity index (χ0v) is 14.6. The van der Waals surface area contributed by atoms with Crippen molar-refractivity contribution in [1.82, 2.24) is 10.4 Å². The summed E-state index contributed by atoms with van der Waals surface area (Å²) >= 11 is 0. The van der Waals surface area contributed by atoms with E-state index in [0.717, 1.165) is 12.0 Å². The zero-order chi connectivity index (χ0) is 18.5. The summed E-state index contributed by atoms with van der Waals surface area (Å²) in [6.07, 6.45) is 4.58. The fraction of sp³-hybridized carbons (Fsp3) is 0.333. The molecule has 8 nitrogen and oxygen atoms in total. The van der Waals surface area contributed by atoms with Crippen molar-refractivity contribution in [1.29, 1.82) is 0 Å². The third kappa shape index (κ3) is 3.74. The first-order valence-corrected chi connectivity index (χ1v) is 8.34. The number of nitrogens with zero attached hydrogens (tertiary/aromatic N) is 2. The minimum atomic E-state index is -0.621. The average molecular weight is 357 g/mol. The van der Waals surface area contributed by atoms with Crippen molar-refractivity contribution in [2.75, 3.05) is 6.61 Å². The van der Waals surface area contributed by atoms with Gasteiger partial charge in [0, 0.05) is 23.7 Å². The molecule has 2 heterocycles. The minimum Gasteiger partial charge on any atom is -0.453 e. The highest BCUT2D eigenvalue weighted by molar-refractivity contribution is 6.06. The van der Waals surface area contributed by atoms with Crippen LogP contribution in [0.3, 0.4) is 0 Å². The van der Waals surface area contributed by atoms with Crippen LogP contribution in [0.2, 0.25) is 0 Å². The van der Waals surface area contributed by atoms with Gasteiger partial charge in [-0.2, -0.15) is 5.10 Å². The van der Waals surface area contributed by atoms with Crippen molar-refractivity contribution >= 4 is 17.8 Å². The van der Waals surface area contributed by atoms with Gasteiger partial charge in [-0.15, -0.1) is 0 Å². The number of fused-ring (bicyclic) bond motifs is 1. The molecule has 1 amide bonds. The van der Waals surface area contributed by atoms with Crippen molar-refractivity contribution in [3.05, 3.63) is 47.2 Å². The number of ether oxygens (including phenoxy) is 2. The van der Waals surface area contributed by atoms with Crippen LogP contribution in [-0.2, 0) is 11.2 Å². The zero-order valence-electron chi connectivity index (χ0n) is 14.6. The first-order valence-electron chi connectivity index (χ1n) is 8.34. The normalized spacial score (nSPS) is 14.6. The van der Waals surface area contributed by atoms with Crippen LogP contribution >= 0.6 is 0 Å². The number of hydrogen-bond acceptors (Lipinski definition) is 7. The van der Waals surface area contributed by atoms with Gasteiger partial charge in [0.05, 0.1) is 18.5 Å². The van der Waals surface area contributed by atoms with E-state index in [-0.39, 0.29) is 12.4 Å². The Morgan fingerprint density at radius 1 is 1.38 bits per heavy atom. The fourth-order valence-electron chi connectivity index (χ4n) is 2.81. The maximum Gasteiger partial charge on any atom is 0.427 e. The molecule has 0 spiro atoms. The maximum atomic E-state index is 12.4. The first-order chi connectivity index (χ1) is 12.6. The standard InChI is InChI=1S/C18H19N3O5/c1-3-24-18(23)21-20-13-7-4-8-14-15(13)11(2)16(26-14)17(22)25-12-6-5-9-19-10-12/h5-6,9-10H,3-4,7-8H2,1-2H3,(H,21,23)/b20-13+. The van der Waals surface area contributed by atoms with Gasteiger partial charge in [-0.1, -0.05) is 0 Å². The molecule has 1 aliphatic rings. The van der Waals surface area contributed by atoms with Crippen molar-refractivity contribution in [2.45, 2.75) is 33.1 Å². The predicted molar refractivity (Wildman–Crippen MR) is 92.3 cm³/mol. The molecule has 0 unspecified atom stereocenters. The highest BCUT2D eigenvalue weighted by atomic mass is 16.6. The molecule has 2 aromatic rings. The van der Waals surface area contributed by atoms with Crippen LogP contribution < -0.4 is 10.2 Å². The summed E-state index contributed by atoms with van der Waals surface area (Å²) in [6.45, 7) is 3.75. The van der Waals surface area contributed by atoms with Crippen LogP contribution in [0.25, 0.3) is 0 Å². The monoisotopic (exact) mass is 357 g/mol. The summed E-state index contributed by atoms with van der Waals surface area (Å²) in [5.41, 5.74) is 4.39. The van der Waals surface area contributed by atoms with Gasteiger partial charge in [0.1, 0.15) is 11.5 Å². The molecule has 26 heavy (non-hydrogen) atoms. The SMILES string of the molecule is CCOC(=O)N/N=C1\CCCc2oc(C(=O)Oc3cccnc3)c(C)c21. The smallest absolute Gasteiger partial charge is 0.427 e. The van der Waals surface area contributed by atoms with E-state index >= 15 is 0 Å². The van der Waals surface area contributed by atoms with Gasteiger partial charge in [0.15, 0.2) is 0 Å². The fourth-order valence-corrected chi connectivity index (χ4v) is 2.81. The lowest BCUT2D eigenvalue weighted by Gasteiger charge is -2.13. The number of pyridine rings is 1. The molecule has 3 rings (SSSR count). The first kappa shape index (κ1) is 17.7.